The minimum Gasteiger partial charge on any atom is -0.425 e. The summed E-state index contributed by atoms with van der Waals surface area (Å²) in [4.78, 5) is 34.7. The number of esters is 2. The molecule has 1 unspecified atom stereocenters. The molecule has 0 aliphatic carbocycles. The highest BCUT2D eigenvalue weighted by atomic mass is 32.2. The molecule has 0 rings (SSSR count). The molecule has 0 saturated carbocycles. The zero-order valence-electron chi connectivity index (χ0n) is 18.4. The van der Waals surface area contributed by atoms with Crippen LogP contribution in [0.3, 0.4) is 0 Å². The van der Waals surface area contributed by atoms with Crippen LogP contribution in [0.2, 0.25) is 0 Å². The Balaban J connectivity index is 4.66. The number of carbonyl (C=O) groups excluding carboxylic acids is 3. The molecule has 0 aromatic carbocycles. The van der Waals surface area contributed by atoms with Crippen LogP contribution < -0.4 is 5.32 Å². The molecule has 176 valence electrons. The van der Waals surface area contributed by atoms with Crippen LogP contribution in [0.4, 0.5) is 0 Å². The van der Waals surface area contributed by atoms with Crippen LogP contribution in [0.5, 0.6) is 0 Å². The molecular formula is C19H35NO9S. The molecule has 0 radical (unpaired) electrons. The normalized spacial score (nSPS) is 13.9. The summed E-state index contributed by atoms with van der Waals surface area (Å²) >= 11 is 0. The van der Waals surface area contributed by atoms with Crippen molar-refractivity contribution in [2.75, 3.05) is 18.9 Å². The van der Waals surface area contributed by atoms with Gasteiger partial charge < -0.3 is 19.9 Å². The maximum absolute atomic E-state index is 12.2. The average molecular weight is 454 g/mol. The van der Waals surface area contributed by atoms with E-state index in [9.17, 15) is 27.9 Å². The molecule has 0 aliphatic heterocycles. The Morgan fingerprint density at radius 3 is 2.27 bits per heavy atom. The molecule has 0 aromatic heterocycles. The average Bonchev–Trinajstić information content (AvgIpc) is 2.67. The van der Waals surface area contributed by atoms with Gasteiger partial charge in [-0.15, -0.1) is 0 Å². The van der Waals surface area contributed by atoms with Crippen LogP contribution in [0.15, 0.2) is 0 Å². The third-order valence-corrected chi connectivity index (χ3v) is 5.36. The topological polar surface area (TPSA) is 145 Å². The lowest BCUT2D eigenvalue weighted by Crippen LogP contribution is -2.43. The number of rotatable bonds is 15. The Kier molecular flexibility index (Phi) is 12.8. The minimum absolute atomic E-state index is 0.161. The fraction of sp³-hybridized carbons (Fsp3) is 0.842. The number of carbonyl (C=O) groups is 3. The third-order valence-electron chi connectivity index (χ3n) is 4.10. The van der Waals surface area contributed by atoms with Gasteiger partial charge in [0, 0.05) is 31.7 Å². The Morgan fingerprint density at radius 2 is 1.73 bits per heavy atom. The van der Waals surface area contributed by atoms with Crippen molar-refractivity contribution in [1.29, 1.82) is 0 Å². The fourth-order valence-corrected chi connectivity index (χ4v) is 3.22. The van der Waals surface area contributed by atoms with Crippen molar-refractivity contribution in [3.8, 4) is 0 Å². The summed E-state index contributed by atoms with van der Waals surface area (Å²) in [6.07, 6.45) is -0.804. The first-order valence-corrected chi connectivity index (χ1v) is 11.6. The summed E-state index contributed by atoms with van der Waals surface area (Å²) in [7, 11) is -3.91. The number of hydrogen-bond donors (Lipinski definition) is 2. The molecule has 0 heterocycles. The first-order valence-electron chi connectivity index (χ1n) is 10.0. The zero-order valence-corrected chi connectivity index (χ0v) is 19.2. The summed E-state index contributed by atoms with van der Waals surface area (Å²) in [5, 5.41) is 12.8. The lowest BCUT2D eigenvalue weighted by atomic mass is 9.88. The Bertz CT molecular complexity index is 661. The molecule has 2 N–H and O–H groups in total. The number of ether oxygens (including phenoxy) is 2. The smallest absolute Gasteiger partial charge is 0.338 e. The predicted molar refractivity (Wildman–Crippen MR) is 109 cm³/mol. The monoisotopic (exact) mass is 453 g/mol. The summed E-state index contributed by atoms with van der Waals surface area (Å²) in [6.45, 7) is 7.52. The fourth-order valence-electron chi connectivity index (χ4n) is 2.12. The molecule has 30 heavy (non-hydrogen) atoms. The van der Waals surface area contributed by atoms with Gasteiger partial charge in [-0.1, -0.05) is 34.1 Å². The van der Waals surface area contributed by atoms with E-state index in [4.69, 9.17) is 13.7 Å². The molecule has 0 bridgehead atoms. The van der Waals surface area contributed by atoms with Crippen LogP contribution in [0.25, 0.3) is 0 Å². The SMILES string of the molecule is CCCCC(=O)OC(CC)OC(=O)[C@H](O)C(C)(C)COS(=O)(=O)CCCNC(C)=O. The lowest BCUT2D eigenvalue weighted by molar-refractivity contribution is -0.198. The number of aliphatic hydroxyl groups is 1. The second-order valence-corrected chi connectivity index (χ2v) is 9.38. The van der Waals surface area contributed by atoms with E-state index in [0.717, 1.165) is 6.42 Å². The van der Waals surface area contributed by atoms with Gasteiger partial charge in [-0.25, -0.2) is 4.79 Å². The molecule has 0 fully saturated rings. The first-order chi connectivity index (χ1) is 13.8. The van der Waals surface area contributed by atoms with Crippen molar-refractivity contribution < 1.29 is 41.6 Å². The van der Waals surface area contributed by atoms with Gasteiger partial charge in [0.2, 0.25) is 12.2 Å². The Hall–Kier alpha value is -1.72. The van der Waals surface area contributed by atoms with Gasteiger partial charge in [-0.05, 0) is 12.8 Å². The van der Waals surface area contributed by atoms with Gasteiger partial charge in [-0.3, -0.25) is 13.8 Å². The summed E-state index contributed by atoms with van der Waals surface area (Å²) in [5.41, 5.74) is -1.29. The first kappa shape index (κ1) is 28.3. The van der Waals surface area contributed by atoms with Crippen molar-refractivity contribution in [2.45, 2.75) is 79.1 Å². The second-order valence-electron chi connectivity index (χ2n) is 7.62. The van der Waals surface area contributed by atoms with E-state index in [-0.39, 0.29) is 37.5 Å². The van der Waals surface area contributed by atoms with Crippen LogP contribution in [0.1, 0.15) is 66.7 Å². The van der Waals surface area contributed by atoms with Gasteiger partial charge in [0.25, 0.3) is 10.1 Å². The van der Waals surface area contributed by atoms with E-state index in [1.54, 1.807) is 6.92 Å². The van der Waals surface area contributed by atoms with Crippen molar-refractivity contribution in [3.63, 3.8) is 0 Å². The van der Waals surface area contributed by atoms with Gasteiger partial charge in [0.1, 0.15) is 0 Å². The van der Waals surface area contributed by atoms with Crippen molar-refractivity contribution in [2.24, 2.45) is 5.41 Å². The summed E-state index contributed by atoms with van der Waals surface area (Å²) < 4.78 is 39.0. The lowest BCUT2D eigenvalue weighted by Gasteiger charge is -2.29. The highest BCUT2D eigenvalue weighted by molar-refractivity contribution is 7.86. The highest BCUT2D eigenvalue weighted by Gasteiger charge is 2.38. The van der Waals surface area contributed by atoms with E-state index < -0.39 is 46.5 Å². The Labute approximate surface area is 178 Å². The zero-order chi connectivity index (χ0) is 23.4. The third kappa shape index (κ3) is 12.1. The Morgan fingerprint density at radius 1 is 1.10 bits per heavy atom. The van der Waals surface area contributed by atoms with Gasteiger partial charge in [0.15, 0.2) is 6.10 Å². The van der Waals surface area contributed by atoms with E-state index >= 15 is 0 Å². The largest absolute Gasteiger partial charge is 0.425 e. The van der Waals surface area contributed by atoms with Crippen LogP contribution in [-0.2, 0) is 38.2 Å². The van der Waals surface area contributed by atoms with Gasteiger partial charge >= 0.3 is 11.9 Å². The molecule has 0 aliphatic rings. The molecular weight excluding hydrogens is 418 g/mol. The molecule has 11 heteroatoms. The molecule has 0 aromatic rings. The van der Waals surface area contributed by atoms with Gasteiger partial charge in [-0.2, -0.15) is 8.42 Å². The standard InChI is InChI=1S/C19H35NO9S/c1-6-8-10-15(22)28-16(7-2)29-18(24)17(23)19(4,5)13-27-30(25,26)12-9-11-20-14(3)21/h16-17,23H,6-13H2,1-5H3,(H,20,21)/t16?,17-/m0/s1. The molecule has 0 saturated heterocycles. The maximum atomic E-state index is 12.2. The highest BCUT2D eigenvalue weighted by Crippen LogP contribution is 2.24. The van der Waals surface area contributed by atoms with E-state index in [0.29, 0.717) is 6.42 Å². The van der Waals surface area contributed by atoms with Crippen LogP contribution in [0, 0.1) is 5.41 Å². The molecule has 2 atom stereocenters. The quantitative estimate of drug-likeness (QED) is 0.162. The van der Waals surface area contributed by atoms with Crippen LogP contribution >= 0.6 is 0 Å². The van der Waals surface area contributed by atoms with E-state index in [2.05, 4.69) is 5.32 Å². The van der Waals surface area contributed by atoms with Crippen molar-refractivity contribution in [3.05, 3.63) is 0 Å². The van der Waals surface area contributed by atoms with E-state index in [1.165, 1.54) is 20.8 Å². The minimum atomic E-state index is -3.91. The second kappa shape index (κ2) is 13.6. The van der Waals surface area contributed by atoms with Crippen molar-refractivity contribution in [1.82, 2.24) is 5.32 Å². The number of hydrogen-bond acceptors (Lipinski definition) is 9. The molecule has 10 nitrogen and oxygen atoms in total. The summed E-state index contributed by atoms with van der Waals surface area (Å²) in [6, 6.07) is 0. The predicted octanol–water partition coefficient (Wildman–Crippen LogP) is 1.26. The van der Waals surface area contributed by atoms with Gasteiger partial charge in [0.05, 0.1) is 12.4 Å². The number of amides is 1. The summed E-state index contributed by atoms with van der Waals surface area (Å²) in [5.74, 6) is -2.13. The molecule has 1 amide bonds. The molecule has 0 spiro atoms. The number of unbranched alkanes of at least 4 members (excludes halogenated alkanes) is 1. The van der Waals surface area contributed by atoms with Crippen molar-refractivity contribution >= 4 is 28.0 Å². The van der Waals surface area contributed by atoms with E-state index in [1.807, 2.05) is 6.92 Å². The number of nitrogens with one attached hydrogen (secondary N) is 1. The maximum Gasteiger partial charge on any atom is 0.338 e. The van der Waals surface area contributed by atoms with Crippen LogP contribution in [-0.4, -0.2) is 62.7 Å². The number of aliphatic hydroxyl groups excluding tert-OH is 1.